The van der Waals surface area contributed by atoms with Gasteiger partial charge in [0, 0.05) is 13.1 Å². The molecular weight excluding hydrogens is 490 g/mol. The number of amides is 3. The van der Waals surface area contributed by atoms with Gasteiger partial charge in [0.15, 0.2) is 0 Å². The maximum absolute atomic E-state index is 13.7. The van der Waals surface area contributed by atoms with E-state index in [0.29, 0.717) is 12.0 Å². The number of esters is 1. The van der Waals surface area contributed by atoms with E-state index >= 15 is 0 Å². The fourth-order valence-corrected chi connectivity index (χ4v) is 3.81. The largest absolute Gasteiger partial charge is 0.466 e. The van der Waals surface area contributed by atoms with Crippen molar-refractivity contribution >= 4 is 23.9 Å². The molecule has 2 atom stereocenters. The molecule has 0 fully saturated rings. The van der Waals surface area contributed by atoms with Crippen molar-refractivity contribution in [1.29, 1.82) is 0 Å². The first kappa shape index (κ1) is 32.9. The van der Waals surface area contributed by atoms with E-state index in [4.69, 9.17) is 9.47 Å². The molecule has 0 saturated carbocycles. The fourth-order valence-electron chi connectivity index (χ4n) is 3.81. The predicted octanol–water partition coefficient (Wildman–Crippen LogP) is 3.48. The summed E-state index contributed by atoms with van der Waals surface area (Å²) in [5.74, 6) is -1.52. The third kappa shape index (κ3) is 12.4. The lowest BCUT2D eigenvalue weighted by atomic mass is 10.0. The van der Waals surface area contributed by atoms with Gasteiger partial charge in [-0.2, -0.15) is 0 Å². The molecule has 10 nitrogen and oxygen atoms in total. The van der Waals surface area contributed by atoms with Crippen molar-refractivity contribution in [3.63, 3.8) is 0 Å². The van der Waals surface area contributed by atoms with E-state index in [2.05, 4.69) is 17.6 Å². The first-order valence-corrected chi connectivity index (χ1v) is 13.4. The first-order chi connectivity index (χ1) is 18.0. The summed E-state index contributed by atoms with van der Waals surface area (Å²) >= 11 is 0. The highest BCUT2D eigenvalue weighted by Crippen LogP contribution is 2.23. The van der Waals surface area contributed by atoms with Crippen LogP contribution in [0.5, 0.6) is 0 Å². The zero-order chi connectivity index (χ0) is 28.6. The Balaban J connectivity index is 3.24. The molecule has 0 aliphatic heterocycles. The predicted molar refractivity (Wildman–Crippen MR) is 144 cm³/mol. The van der Waals surface area contributed by atoms with Crippen LogP contribution in [0, 0.1) is 0 Å². The van der Waals surface area contributed by atoms with Gasteiger partial charge in [0.1, 0.15) is 17.7 Å². The summed E-state index contributed by atoms with van der Waals surface area (Å²) in [5.41, 5.74) is -0.227. The minimum Gasteiger partial charge on any atom is -0.466 e. The van der Waals surface area contributed by atoms with E-state index in [9.17, 15) is 24.3 Å². The van der Waals surface area contributed by atoms with Gasteiger partial charge in [-0.15, -0.1) is 0 Å². The van der Waals surface area contributed by atoms with E-state index in [-0.39, 0.29) is 26.1 Å². The molecule has 38 heavy (non-hydrogen) atoms. The van der Waals surface area contributed by atoms with Crippen LogP contribution in [-0.2, 0) is 23.9 Å². The van der Waals surface area contributed by atoms with Crippen molar-refractivity contribution in [2.75, 3.05) is 26.3 Å². The molecule has 1 aromatic carbocycles. The van der Waals surface area contributed by atoms with Crippen LogP contribution in [0.25, 0.3) is 0 Å². The van der Waals surface area contributed by atoms with Gasteiger partial charge in [-0.3, -0.25) is 14.4 Å². The number of nitrogens with zero attached hydrogens (tertiary/aromatic N) is 1. The summed E-state index contributed by atoms with van der Waals surface area (Å²) in [6.45, 7) is 8.73. The van der Waals surface area contributed by atoms with Crippen LogP contribution in [-0.4, -0.2) is 71.8 Å². The van der Waals surface area contributed by atoms with E-state index in [1.165, 1.54) is 4.90 Å². The standard InChI is InChI=1S/C28H45N3O7/c1-6-8-9-10-14-19-31(26(35)22(20-32)30-27(36)38-28(3,4)5)24(21-15-12-11-13-16-21)25(34)29-18-17-23(33)37-7-2/h11-13,15-16,22,24,32H,6-10,14,17-20H2,1-5H3,(H,29,34)(H,30,36). The summed E-state index contributed by atoms with van der Waals surface area (Å²) in [7, 11) is 0. The molecule has 0 heterocycles. The molecular formula is C28H45N3O7. The molecule has 214 valence electrons. The lowest BCUT2D eigenvalue weighted by molar-refractivity contribution is -0.144. The number of ether oxygens (including phenoxy) is 2. The summed E-state index contributed by atoms with van der Waals surface area (Å²) < 4.78 is 10.2. The number of rotatable bonds is 16. The molecule has 0 spiro atoms. The Morgan fingerprint density at radius 2 is 1.66 bits per heavy atom. The number of alkyl carbamates (subject to hydrolysis) is 1. The summed E-state index contributed by atoms with van der Waals surface area (Å²) in [5, 5.41) is 15.2. The third-order valence-corrected chi connectivity index (χ3v) is 5.57. The summed E-state index contributed by atoms with van der Waals surface area (Å²) in [6.07, 6.45) is 3.74. The van der Waals surface area contributed by atoms with Crippen molar-refractivity contribution in [2.45, 2.75) is 90.8 Å². The van der Waals surface area contributed by atoms with Crippen LogP contribution in [0.2, 0.25) is 0 Å². The molecule has 0 bridgehead atoms. The van der Waals surface area contributed by atoms with Crippen LogP contribution >= 0.6 is 0 Å². The molecule has 3 amide bonds. The maximum Gasteiger partial charge on any atom is 0.408 e. The quantitative estimate of drug-likeness (QED) is 0.218. The van der Waals surface area contributed by atoms with Gasteiger partial charge in [0.25, 0.3) is 0 Å². The van der Waals surface area contributed by atoms with E-state index < -0.39 is 48.2 Å². The number of benzene rings is 1. The summed E-state index contributed by atoms with van der Waals surface area (Å²) in [6, 6.07) is 6.47. The molecule has 0 aliphatic rings. The molecule has 10 heteroatoms. The maximum atomic E-state index is 13.7. The Kier molecular flexibility index (Phi) is 15.0. The Morgan fingerprint density at radius 1 is 1.00 bits per heavy atom. The van der Waals surface area contributed by atoms with Crippen molar-refractivity contribution in [2.24, 2.45) is 0 Å². The Morgan fingerprint density at radius 3 is 2.24 bits per heavy atom. The number of aliphatic hydroxyl groups is 1. The molecule has 0 saturated heterocycles. The molecule has 3 N–H and O–H groups in total. The minimum absolute atomic E-state index is 0.00841. The summed E-state index contributed by atoms with van der Waals surface area (Å²) in [4.78, 5) is 52.7. The van der Waals surface area contributed by atoms with Crippen LogP contribution in [0.3, 0.4) is 0 Å². The molecule has 2 unspecified atom stereocenters. The highest BCUT2D eigenvalue weighted by atomic mass is 16.6. The van der Waals surface area contributed by atoms with Crippen molar-refractivity contribution in [3.05, 3.63) is 35.9 Å². The highest BCUT2D eigenvalue weighted by molar-refractivity contribution is 5.92. The van der Waals surface area contributed by atoms with Crippen molar-refractivity contribution in [1.82, 2.24) is 15.5 Å². The number of carbonyl (C=O) groups is 4. The van der Waals surface area contributed by atoms with Gasteiger partial charge in [-0.05, 0) is 39.7 Å². The fraction of sp³-hybridized carbons (Fsp3) is 0.643. The Labute approximate surface area is 226 Å². The van der Waals surface area contributed by atoms with Gasteiger partial charge >= 0.3 is 12.1 Å². The zero-order valence-electron chi connectivity index (χ0n) is 23.5. The van der Waals surface area contributed by atoms with Crippen LogP contribution in [0.1, 0.15) is 84.7 Å². The van der Waals surface area contributed by atoms with E-state index in [1.807, 2.05) is 0 Å². The smallest absolute Gasteiger partial charge is 0.408 e. The topological polar surface area (TPSA) is 134 Å². The second-order valence-electron chi connectivity index (χ2n) is 9.99. The average Bonchev–Trinajstić information content (AvgIpc) is 2.85. The number of hydrogen-bond acceptors (Lipinski definition) is 7. The van der Waals surface area contributed by atoms with Gasteiger partial charge < -0.3 is 30.1 Å². The van der Waals surface area contributed by atoms with Crippen LogP contribution < -0.4 is 10.6 Å². The molecule has 0 radical (unpaired) electrons. The zero-order valence-corrected chi connectivity index (χ0v) is 23.5. The van der Waals surface area contributed by atoms with Crippen molar-refractivity contribution in [3.8, 4) is 0 Å². The first-order valence-electron chi connectivity index (χ1n) is 13.4. The van der Waals surface area contributed by atoms with Gasteiger partial charge in [0.2, 0.25) is 11.8 Å². The van der Waals surface area contributed by atoms with Gasteiger partial charge in [0.05, 0.1) is 19.6 Å². The van der Waals surface area contributed by atoms with Gasteiger partial charge in [-0.1, -0.05) is 62.9 Å². The van der Waals surface area contributed by atoms with Crippen LogP contribution in [0.15, 0.2) is 30.3 Å². The van der Waals surface area contributed by atoms with E-state index in [1.54, 1.807) is 58.0 Å². The van der Waals surface area contributed by atoms with E-state index in [0.717, 1.165) is 25.7 Å². The third-order valence-electron chi connectivity index (χ3n) is 5.57. The molecule has 0 aliphatic carbocycles. The molecule has 0 aromatic heterocycles. The van der Waals surface area contributed by atoms with Crippen molar-refractivity contribution < 1.29 is 33.8 Å². The lowest BCUT2D eigenvalue weighted by Gasteiger charge is -2.34. The molecule has 1 aromatic rings. The van der Waals surface area contributed by atoms with Gasteiger partial charge in [-0.25, -0.2) is 4.79 Å². The number of hydrogen-bond donors (Lipinski definition) is 3. The Hall–Kier alpha value is -3.14. The highest BCUT2D eigenvalue weighted by Gasteiger charge is 2.35. The van der Waals surface area contributed by atoms with Crippen LogP contribution in [0.4, 0.5) is 4.79 Å². The Bertz CT molecular complexity index is 871. The number of carbonyl (C=O) groups excluding carboxylic acids is 4. The number of aliphatic hydroxyl groups excluding tert-OH is 1. The normalized spacial score (nSPS) is 12.7. The monoisotopic (exact) mass is 535 g/mol. The minimum atomic E-state index is -1.31. The lowest BCUT2D eigenvalue weighted by Crippen LogP contribution is -2.54. The SMILES string of the molecule is CCCCCCCN(C(=O)C(CO)NC(=O)OC(C)(C)C)C(C(=O)NCCC(=O)OCC)c1ccccc1. The second-order valence-corrected chi connectivity index (χ2v) is 9.99. The number of nitrogens with one attached hydrogen (secondary N) is 2. The molecule has 1 rings (SSSR count). The second kappa shape index (κ2) is 17.4. The number of unbranched alkanes of at least 4 members (excludes halogenated alkanes) is 4. The average molecular weight is 536 g/mol.